The number of fused-ring (bicyclic) bond motifs is 1. The first-order valence-corrected chi connectivity index (χ1v) is 9.68. The average Bonchev–Trinajstić information content (AvgIpc) is 3.04. The van der Waals surface area contributed by atoms with Gasteiger partial charge in [0.25, 0.3) is 0 Å². The average molecular weight is 361 g/mol. The lowest BCUT2D eigenvalue weighted by molar-refractivity contribution is 0.296. The van der Waals surface area contributed by atoms with E-state index in [1.54, 1.807) is 6.20 Å². The lowest BCUT2D eigenvalue weighted by atomic mass is 10.1. The van der Waals surface area contributed by atoms with E-state index in [-0.39, 0.29) is 0 Å². The van der Waals surface area contributed by atoms with Crippen molar-refractivity contribution in [3.63, 3.8) is 0 Å². The van der Waals surface area contributed by atoms with Crippen molar-refractivity contribution in [1.82, 2.24) is 14.5 Å². The maximum atomic E-state index is 4.28. The third kappa shape index (κ3) is 4.50. The first-order valence-electron chi connectivity index (χ1n) is 9.68. The van der Waals surface area contributed by atoms with Crippen molar-refractivity contribution in [1.29, 1.82) is 0 Å². The summed E-state index contributed by atoms with van der Waals surface area (Å²) in [5.74, 6) is 3.26. The molecule has 0 saturated carbocycles. The zero-order chi connectivity index (χ0) is 19.2. The van der Waals surface area contributed by atoms with Crippen LogP contribution < -0.4 is 5.32 Å². The third-order valence-electron chi connectivity index (χ3n) is 4.89. The van der Waals surface area contributed by atoms with Gasteiger partial charge in [-0.25, -0.2) is 0 Å². The second kappa shape index (κ2) is 8.75. The Kier molecular flexibility index (Phi) is 6.16. The highest BCUT2D eigenvalue weighted by molar-refractivity contribution is 5.83. The van der Waals surface area contributed by atoms with Crippen LogP contribution in [0.3, 0.4) is 0 Å². The van der Waals surface area contributed by atoms with Crippen LogP contribution in [0.2, 0.25) is 0 Å². The molecule has 0 aliphatic rings. The Labute approximate surface area is 162 Å². The van der Waals surface area contributed by atoms with Crippen LogP contribution in [0.15, 0.2) is 42.6 Å². The maximum absolute atomic E-state index is 4.28. The summed E-state index contributed by atoms with van der Waals surface area (Å²) in [6.45, 7) is 12.6. The zero-order valence-corrected chi connectivity index (χ0v) is 16.7. The Bertz CT molecular complexity index is 954. The first kappa shape index (κ1) is 19.0. The summed E-state index contributed by atoms with van der Waals surface area (Å²) < 4.78 is 2.26. The van der Waals surface area contributed by atoms with E-state index in [4.69, 9.17) is 0 Å². The molecule has 0 amide bonds. The maximum Gasteiger partial charge on any atom is 0.0949 e. The van der Waals surface area contributed by atoms with Gasteiger partial charge in [-0.3, -0.25) is 9.88 Å². The van der Waals surface area contributed by atoms with Crippen LogP contribution in [0.4, 0.5) is 5.69 Å². The minimum Gasteiger partial charge on any atom is -0.334 e. The van der Waals surface area contributed by atoms with Gasteiger partial charge in [0.15, 0.2) is 0 Å². The normalized spacial score (nSPS) is 10.9. The molecule has 0 aliphatic heterocycles. The Morgan fingerprint density at radius 1 is 1.07 bits per heavy atom. The van der Waals surface area contributed by atoms with E-state index in [0.29, 0.717) is 0 Å². The summed E-state index contributed by atoms with van der Waals surface area (Å²) in [4.78, 5) is 6.71. The molecule has 3 rings (SSSR count). The van der Waals surface area contributed by atoms with Crippen LogP contribution in [-0.2, 0) is 13.1 Å². The van der Waals surface area contributed by atoms with Gasteiger partial charge >= 0.3 is 0 Å². The topological polar surface area (TPSA) is 33.1 Å². The van der Waals surface area contributed by atoms with Gasteiger partial charge in [-0.2, -0.15) is 0 Å². The SMILES string of the molecule is CCN(CC)Cc1ccc2c(c1)cc(C#CNc1ccc(C)nc1)n2CC. The molecule has 2 aromatic heterocycles. The quantitative estimate of drug-likeness (QED) is 0.514. The number of anilines is 1. The van der Waals surface area contributed by atoms with Crippen molar-refractivity contribution < 1.29 is 0 Å². The van der Waals surface area contributed by atoms with E-state index < -0.39 is 0 Å². The van der Waals surface area contributed by atoms with Crippen LogP contribution >= 0.6 is 0 Å². The fraction of sp³-hybridized carbons (Fsp3) is 0.348. The van der Waals surface area contributed by atoms with Crippen molar-refractivity contribution in [2.24, 2.45) is 0 Å². The number of hydrogen-bond donors (Lipinski definition) is 1. The van der Waals surface area contributed by atoms with E-state index >= 15 is 0 Å². The Hall–Kier alpha value is -2.77. The fourth-order valence-corrected chi connectivity index (χ4v) is 3.28. The first-order chi connectivity index (χ1) is 13.1. The summed E-state index contributed by atoms with van der Waals surface area (Å²) >= 11 is 0. The fourth-order valence-electron chi connectivity index (χ4n) is 3.28. The molecule has 0 saturated heterocycles. The lowest BCUT2D eigenvalue weighted by Gasteiger charge is -2.18. The summed E-state index contributed by atoms with van der Waals surface area (Å²) in [7, 11) is 0. The molecular weight excluding hydrogens is 332 g/mol. The van der Waals surface area contributed by atoms with Gasteiger partial charge in [0, 0.05) is 35.7 Å². The summed E-state index contributed by atoms with van der Waals surface area (Å²) in [6.07, 6.45) is 1.80. The molecule has 0 aliphatic carbocycles. The number of hydrogen-bond acceptors (Lipinski definition) is 3. The van der Waals surface area contributed by atoms with Crippen molar-refractivity contribution >= 4 is 16.6 Å². The van der Waals surface area contributed by atoms with Gasteiger partial charge in [0.2, 0.25) is 0 Å². The van der Waals surface area contributed by atoms with Gasteiger partial charge in [0.05, 0.1) is 17.6 Å². The molecule has 3 aromatic rings. The highest BCUT2D eigenvalue weighted by atomic mass is 15.1. The van der Waals surface area contributed by atoms with Crippen LogP contribution in [-0.4, -0.2) is 27.5 Å². The molecule has 0 spiro atoms. The van der Waals surface area contributed by atoms with Crippen molar-refractivity contribution in [3.05, 3.63) is 59.5 Å². The number of pyridine rings is 1. The van der Waals surface area contributed by atoms with Gasteiger partial charge in [0.1, 0.15) is 0 Å². The smallest absolute Gasteiger partial charge is 0.0949 e. The molecule has 0 bridgehead atoms. The number of aromatic nitrogens is 2. The molecule has 0 atom stereocenters. The number of aryl methyl sites for hydroxylation is 2. The Morgan fingerprint density at radius 2 is 1.89 bits per heavy atom. The number of nitrogens with zero attached hydrogens (tertiary/aromatic N) is 3. The van der Waals surface area contributed by atoms with Crippen LogP contribution in [0, 0.1) is 18.9 Å². The van der Waals surface area contributed by atoms with Gasteiger partial charge in [-0.15, -0.1) is 0 Å². The van der Waals surface area contributed by atoms with E-state index in [9.17, 15) is 0 Å². The second-order valence-corrected chi connectivity index (χ2v) is 6.69. The van der Waals surface area contributed by atoms with Crippen molar-refractivity contribution in [3.8, 4) is 12.0 Å². The monoisotopic (exact) mass is 360 g/mol. The molecule has 0 fully saturated rings. The predicted octanol–water partition coefficient (Wildman–Crippen LogP) is 4.63. The molecule has 140 valence electrons. The van der Waals surface area contributed by atoms with Crippen molar-refractivity contribution in [2.45, 2.75) is 40.8 Å². The van der Waals surface area contributed by atoms with Crippen LogP contribution in [0.5, 0.6) is 0 Å². The van der Waals surface area contributed by atoms with E-state index in [1.165, 1.54) is 16.5 Å². The van der Waals surface area contributed by atoms with E-state index in [0.717, 1.165) is 43.3 Å². The number of nitrogens with one attached hydrogen (secondary N) is 1. The van der Waals surface area contributed by atoms with Crippen LogP contribution in [0.1, 0.15) is 37.7 Å². The highest BCUT2D eigenvalue weighted by Crippen LogP contribution is 2.22. The standard InChI is InChI=1S/C23H28N4/c1-5-26(6-2)17-19-9-11-23-20(14-19)15-22(27(23)7-3)12-13-24-21-10-8-18(4)25-16-21/h8-11,14-16,24H,5-7,17H2,1-4H3. The highest BCUT2D eigenvalue weighted by Gasteiger charge is 2.08. The summed E-state index contributed by atoms with van der Waals surface area (Å²) in [6, 6.07) is 16.0. The van der Waals surface area contributed by atoms with Gasteiger partial charge in [-0.1, -0.05) is 19.9 Å². The Balaban J connectivity index is 1.85. The Morgan fingerprint density at radius 3 is 2.56 bits per heavy atom. The molecule has 27 heavy (non-hydrogen) atoms. The molecule has 1 N–H and O–H groups in total. The minimum absolute atomic E-state index is 0.898. The van der Waals surface area contributed by atoms with Gasteiger partial charge < -0.3 is 9.88 Å². The largest absolute Gasteiger partial charge is 0.334 e. The van der Waals surface area contributed by atoms with E-state index in [1.807, 2.05) is 19.1 Å². The predicted molar refractivity (Wildman–Crippen MR) is 114 cm³/mol. The molecule has 2 heterocycles. The number of rotatable bonds is 6. The molecule has 0 unspecified atom stereocenters. The zero-order valence-electron chi connectivity index (χ0n) is 16.7. The van der Waals surface area contributed by atoms with E-state index in [2.05, 4.69) is 76.8 Å². The second-order valence-electron chi connectivity index (χ2n) is 6.69. The molecule has 4 nitrogen and oxygen atoms in total. The minimum atomic E-state index is 0.898. The lowest BCUT2D eigenvalue weighted by Crippen LogP contribution is -2.21. The molecular formula is C23H28N4. The molecule has 0 radical (unpaired) electrons. The number of benzene rings is 1. The molecule has 4 heteroatoms. The summed E-state index contributed by atoms with van der Waals surface area (Å²) in [5.41, 5.74) is 5.53. The third-order valence-corrected chi connectivity index (χ3v) is 4.89. The van der Waals surface area contributed by atoms with Crippen molar-refractivity contribution in [2.75, 3.05) is 18.4 Å². The summed E-state index contributed by atoms with van der Waals surface area (Å²) in [5, 5.41) is 4.38. The van der Waals surface area contributed by atoms with Crippen LogP contribution in [0.25, 0.3) is 10.9 Å². The van der Waals surface area contributed by atoms with Gasteiger partial charge in [-0.05, 0) is 68.8 Å². The molecule has 1 aromatic carbocycles.